The van der Waals surface area contributed by atoms with Crippen molar-refractivity contribution in [2.24, 2.45) is 0 Å². The van der Waals surface area contributed by atoms with Crippen molar-refractivity contribution < 1.29 is 47.2 Å². The molecular weight excluding hydrogens is 367 g/mol. The van der Waals surface area contributed by atoms with E-state index in [9.17, 15) is 4.79 Å². The summed E-state index contributed by atoms with van der Waals surface area (Å²) in [6, 6.07) is 0. The number of unbranched alkanes of at least 4 members (excludes halogenated alkanes) is 7. The Morgan fingerprint density at radius 3 is 2.06 bits per heavy atom. The zero-order valence-corrected chi connectivity index (χ0v) is 12.7. The Morgan fingerprint density at radius 2 is 1.47 bits per heavy atom. The molecule has 0 aliphatic carbocycles. The molecule has 0 atom stereocenters. The SMILES string of the molecule is CCCCC=CCCCCCCCC(=O)O.[Er]. The standard InChI is InChI=1S/C14H26O2.Er/c1-2-3-4-5-6-7-8-9-10-11-12-13-14(15)16;/h5-6H,2-4,7-13H2,1H3,(H,15,16);. The molecule has 0 aliphatic rings. The Labute approximate surface area is 135 Å². The van der Waals surface area contributed by atoms with E-state index < -0.39 is 5.97 Å². The van der Waals surface area contributed by atoms with E-state index >= 15 is 0 Å². The van der Waals surface area contributed by atoms with Gasteiger partial charge in [-0.05, 0) is 25.7 Å². The van der Waals surface area contributed by atoms with Crippen molar-refractivity contribution in [2.75, 3.05) is 0 Å². The van der Waals surface area contributed by atoms with Crippen LogP contribution in [0.3, 0.4) is 0 Å². The van der Waals surface area contributed by atoms with Crippen LogP contribution in [0.15, 0.2) is 12.2 Å². The van der Waals surface area contributed by atoms with Crippen LogP contribution >= 0.6 is 0 Å². The van der Waals surface area contributed by atoms with E-state index in [0.717, 1.165) is 12.8 Å². The first-order valence-electron chi connectivity index (χ1n) is 6.64. The van der Waals surface area contributed by atoms with Crippen LogP contribution in [0.1, 0.15) is 71.1 Å². The molecule has 0 radical (unpaired) electrons. The molecule has 0 spiro atoms. The van der Waals surface area contributed by atoms with Crippen molar-refractivity contribution in [3.8, 4) is 0 Å². The fourth-order valence-corrected chi connectivity index (χ4v) is 1.63. The Hall–Kier alpha value is 0.457. The minimum atomic E-state index is -0.668. The van der Waals surface area contributed by atoms with E-state index in [1.54, 1.807) is 0 Å². The van der Waals surface area contributed by atoms with Crippen molar-refractivity contribution >= 4 is 5.97 Å². The maximum atomic E-state index is 10.3. The zero-order chi connectivity index (χ0) is 12.1. The number of carboxylic acid groups (broad SMARTS) is 1. The molecule has 2 nitrogen and oxygen atoms in total. The van der Waals surface area contributed by atoms with E-state index in [0.29, 0.717) is 6.42 Å². The number of hydrogen-bond acceptors (Lipinski definition) is 1. The molecule has 0 rings (SSSR count). The van der Waals surface area contributed by atoms with Crippen LogP contribution in [-0.2, 0) is 4.79 Å². The molecular formula is C14H26ErO2. The van der Waals surface area contributed by atoms with Gasteiger partial charge in [-0.3, -0.25) is 4.79 Å². The first-order valence-corrected chi connectivity index (χ1v) is 6.64. The normalized spacial score (nSPS) is 10.4. The number of rotatable bonds is 11. The second-order valence-corrected chi connectivity index (χ2v) is 4.31. The molecule has 0 heterocycles. The predicted molar refractivity (Wildman–Crippen MR) is 68.6 cm³/mol. The van der Waals surface area contributed by atoms with Crippen LogP contribution in [0.25, 0.3) is 0 Å². The number of aliphatic carboxylic acids is 1. The molecule has 3 heteroatoms. The van der Waals surface area contributed by atoms with Gasteiger partial charge in [0.25, 0.3) is 0 Å². The van der Waals surface area contributed by atoms with Crippen molar-refractivity contribution in [3.63, 3.8) is 0 Å². The molecule has 0 fully saturated rings. The van der Waals surface area contributed by atoms with Crippen LogP contribution in [0.5, 0.6) is 0 Å². The molecule has 106 valence electrons. The summed E-state index contributed by atoms with van der Waals surface area (Å²) in [6.07, 6.45) is 15.4. The van der Waals surface area contributed by atoms with Crippen LogP contribution in [-0.4, -0.2) is 11.1 Å². The molecule has 1 N–H and O–H groups in total. The molecule has 0 aliphatic heterocycles. The Bertz CT molecular complexity index is 191. The summed E-state index contributed by atoms with van der Waals surface area (Å²) in [5, 5.41) is 8.45. The van der Waals surface area contributed by atoms with Gasteiger partial charge < -0.3 is 5.11 Å². The first-order chi connectivity index (χ1) is 7.77. The van der Waals surface area contributed by atoms with Gasteiger partial charge in [-0.1, -0.05) is 51.2 Å². The third-order valence-corrected chi connectivity index (χ3v) is 2.65. The monoisotopic (exact) mass is 392 g/mol. The predicted octanol–water partition coefficient (Wildman–Crippen LogP) is 4.55. The Morgan fingerprint density at radius 1 is 0.941 bits per heavy atom. The van der Waals surface area contributed by atoms with Gasteiger partial charge in [0.2, 0.25) is 0 Å². The van der Waals surface area contributed by atoms with Gasteiger partial charge in [0.1, 0.15) is 0 Å². The Kier molecular flexibility index (Phi) is 19.2. The van der Waals surface area contributed by atoms with Crippen LogP contribution in [0.4, 0.5) is 0 Å². The summed E-state index contributed by atoms with van der Waals surface area (Å²) in [6.45, 7) is 2.21. The van der Waals surface area contributed by atoms with Crippen molar-refractivity contribution in [1.29, 1.82) is 0 Å². The average molecular weight is 394 g/mol. The summed E-state index contributed by atoms with van der Waals surface area (Å²) in [7, 11) is 0. The summed E-state index contributed by atoms with van der Waals surface area (Å²) < 4.78 is 0. The van der Waals surface area contributed by atoms with Gasteiger partial charge in [-0.2, -0.15) is 0 Å². The van der Waals surface area contributed by atoms with E-state index in [2.05, 4.69) is 19.1 Å². The molecule has 0 saturated heterocycles. The zero-order valence-electron chi connectivity index (χ0n) is 10.9. The molecule has 0 saturated carbocycles. The number of hydrogen-bond donors (Lipinski definition) is 1. The number of carboxylic acids is 1. The van der Waals surface area contributed by atoms with Crippen LogP contribution in [0.2, 0.25) is 0 Å². The fraction of sp³-hybridized carbons (Fsp3) is 0.786. The molecule has 0 aromatic heterocycles. The van der Waals surface area contributed by atoms with Gasteiger partial charge in [-0.15, -0.1) is 0 Å². The van der Waals surface area contributed by atoms with Gasteiger partial charge >= 0.3 is 5.97 Å². The summed E-state index contributed by atoms with van der Waals surface area (Å²) >= 11 is 0. The second kappa shape index (κ2) is 16.5. The fourth-order valence-electron chi connectivity index (χ4n) is 1.63. The third kappa shape index (κ3) is 19.0. The smallest absolute Gasteiger partial charge is 0.303 e. The average Bonchev–Trinajstić information content (AvgIpc) is 2.25. The minimum Gasteiger partial charge on any atom is -0.481 e. The largest absolute Gasteiger partial charge is 0.481 e. The van der Waals surface area contributed by atoms with E-state index in [-0.39, 0.29) is 37.3 Å². The maximum absolute atomic E-state index is 10.3. The summed E-state index contributed by atoms with van der Waals surface area (Å²) in [5.41, 5.74) is 0. The molecule has 17 heavy (non-hydrogen) atoms. The van der Waals surface area contributed by atoms with Crippen LogP contribution < -0.4 is 0 Å². The van der Waals surface area contributed by atoms with Crippen LogP contribution in [0, 0.1) is 37.3 Å². The van der Waals surface area contributed by atoms with E-state index in [1.165, 1.54) is 44.9 Å². The molecule has 0 unspecified atom stereocenters. The van der Waals surface area contributed by atoms with Crippen molar-refractivity contribution in [1.82, 2.24) is 0 Å². The minimum absolute atomic E-state index is 0. The van der Waals surface area contributed by atoms with Gasteiger partial charge in [0.15, 0.2) is 0 Å². The topological polar surface area (TPSA) is 37.3 Å². The second-order valence-electron chi connectivity index (χ2n) is 4.31. The first kappa shape index (κ1) is 19.8. The quantitative estimate of drug-likeness (QED) is 0.413. The number of allylic oxidation sites excluding steroid dienone is 2. The van der Waals surface area contributed by atoms with Crippen molar-refractivity contribution in [3.05, 3.63) is 12.2 Å². The van der Waals surface area contributed by atoms with Gasteiger partial charge in [0.05, 0.1) is 0 Å². The molecule has 0 amide bonds. The number of carbonyl (C=O) groups is 1. The molecule has 0 aromatic carbocycles. The third-order valence-electron chi connectivity index (χ3n) is 2.65. The van der Waals surface area contributed by atoms with Crippen molar-refractivity contribution in [2.45, 2.75) is 71.1 Å². The Balaban J connectivity index is 0. The summed E-state index contributed by atoms with van der Waals surface area (Å²) in [5.74, 6) is -0.668. The molecule has 0 bridgehead atoms. The summed E-state index contributed by atoms with van der Waals surface area (Å²) in [4.78, 5) is 10.3. The van der Waals surface area contributed by atoms with Gasteiger partial charge in [0, 0.05) is 43.7 Å². The van der Waals surface area contributed by atoms with E-state index in [1.807, 2.05) is 0 Å². The van der Waals surface area contributed by atoms with Gasteiger partial charge in [-0.25, -0.2) is 0 Å². The molecule has 0 aromatic rings. The van der Waals surface area contributed by atoms with E-state index in [4.69, 9.17) is 5.11 Å². The maximum Gasteiger partial charge on any atom is 0.303 e.